The highest BCUT2D eigenvalue weighted by Crippen LogP contribution is 2.40. The fourth-order valence-corrected chi connectivity index (χ4v) is 4.38. The Balaban J connectivity index is 1.83. The summed E-state index contributed by atoms with van der Waals surface area (Å²) in [5, 5.41) is 20.0. The van der Waals surface area contributed by atoms with Crippen molar-refractivity contribution in [3.8, 4) is 22.6 Å². The molecule has 0 radical (unpaired) electrons. The number of fused-ring (bicyclic) bond motifs is 2. The van der Waals surface area contributed by atoms with Crippen LogP contribution in [0.4, 0.5) is 5.69 Å². The Morgan fingerprint density at radius 2 is 2.03 bits per heavy atom. The van der Waals surface area contributed by atoms with Crippen molar-refractivity contribution in [3.05, 3.63) is 58.9 Å². The van der Waals surface area contributed by atoms with Crippen LogP contribution in [0.1, 0.15) is 24.5 Å². The summed E-state index contributed by atoms with van der Waals surface area (Å²) in [7, 11) is 3.71. The summed E-state index contributed by atoms with van der Waals surface area (Å²) in [5.41, 5.74) is 5.30. The number of anilines is 1. The molecular formula is C28H32N2O6. The van der Waals surface area contributed by atoms with Crippen molar-refractivity contribution in [1.29, 1.82) is 0 Å². The van der Waals surface area contributed by atoms with Crippen LogP contribution >= 0.6 is 0 Å². The van der Waals surface area contributed by atoms with Crippen molar-refractivity contribution in [3.63, 3.8) is 0 Å². The molecule has 0 saturated heterocycles. The number of carbonyl (C=O) groups is 1. The standard InChI is InChI=1S/C28H32N2O6/c1-18-13-25(31)23(28(32)33)17-29-8-7-20-14-26(35-11-4-10-34-3)22(16-21(18)20)19-5-6-24-27(15-19)36-12-9-30(24)2/h5-6,13-17,31H,4,7-12H2,1-3H3,(H,32,33)/b18-13+,25-23?,29-17?. The van der Waals surface area contributed by atoms with Crippen molar-refractivity contribution in [2.24, 2.45) is 4.99 Å². The molecule has 4 rings (SSSR count). The third kappa shape index (κ3) is 5.54. The summed E-state index contributed by atoms with van der Waals surface area (Å²) in [6.07, 6.45) is 4.04. The maximum Gasteiger partial charge on any atom is 0.341 e. The summed E-state index contributed by atoms with van der Waals surface area (Å²) in [5.74, 6) is 0.0116. The number of rotatable bonds is 7. The van der Waals surface area contributed by atoms with Crippen LogP contribution in [0.2, 0.25) is 0 Å². The molecule has 0 aromatic heterocycles. The van der Waals surface area contributed by atoms with Gasteiger partial charge in [-0.1, -0.05) is 6.07 Å². The Bertz CT molecular complexity index is 1230. The number of hydrogen-bond donors (Lipinski definition) is 2. The zero-order valence-corrected chi connectivity index (χ0v) is 20.9. The first-order valence-corrected chi connectivity index (χ1v) is 12.0. The molecule has 2 N–H and O–H groups in total. The van der Waals surface area contributed by atoms with Gasteiger partial charge in [-0.15, -0.1) is 0 Å². The fraction of sp³-hybridized carbons (Fsp3) is 0.357. The molecule has 2 aromatic rings. The molecule has 190 valence electrons. The first-order valence-electron chi connectivity index (χ1n) is 12.0. The fourth-order valence-electron chi connectivity index (χ4n) is 4.38. The highest BCUT2D eigenvalue weighted by atomic mass is 16.5. The third-order valence-electron chi connectivity index (χ3n) is 6.34. The number of ether oxygens (including phenoxy) is 3. The van der Waals surface area contributed by atoms with Crippen LogP contribution in [-0.4, -0.2) is 69.5 Å². The van der Waals surface area contributed by atoms with Crippen LogP contribution < -0.4 is 14.4 Å². The highest BCUT2D eigenvalue weighted by molar-refractivity contribution is 6.09. The number of aliphatic hydroxyl groups is 1. The van der Waals surface area contributed by atoms with Gasteiger partial charge in [0.1, 0.15) is 29.4 Å². The van der Waals surface area contributed by atoms with E-state index in [9.17, 15) is 15.0 Å². The number of nitrogens with zero attached hydrogens (tertiary/aromatic N) is 2. The average Bonchev–Trinajstić information content (AvgIpc) is 2.85. The van der Waals surface area contributed by atoms with E-state index >= 15 is 0 Å². The zero-order valence-electron chi connectivity index (χ0n) is 20.9. The van der Waals surface area contributed by atoms with Gasteiger partial charge in [-0.2, -0.15) is 0 Å². The maximum atomic E-state index is 11.6. The van der Waals surface area contributed by atoms with E-state index in [1.165, 1.54) is 12.3 Å². The molecule has 8 nitrogen and oxygen atoms in total. The van der Waals surface area contributed by atoms with E-state index in [4.69, 9.17) is 14.2 Å². The molecule has 8 heteroatoms. The molecule has 0 aliphatic carbocycles. The van der Waals surface area contributed by atoms with Gasteiger partial charge in [-0.05, 0) is 65.9 Å². The lowest BCUT2D eigenvalue weighted by Gasteiger charge is -2.28. The second-order valence-corrected chi connectivity index (χ2v) is 8.87. The smallest absolute Gasteiger partial charge is 0.341 e. The second kappa shape index (κ2) is 11.3. The van der Waals surface area contributed by atoms with Gasteiger partial charge in [0.05, 0.1) is 18.8 Å². The Hall–Kier alpha value is -3.78. The number of allylic oxidation sites excluding steroid dienone is 2. The lowest BCUT2D eigenvalue weighted by atomic mass is 9.91. The van der Waals surface area contributed by atoms with E-state index in [2.05, 4.69) is 22.0 Å². The normalized spacial score (nSPS) is 17.0. The lowest BCUT2D eigenvalue weighted by molar-refractivity contribution is -0.132. The molecule has 0 fully saturated rings. The highest BCUT2D eigenvalue weighted by Gasteiger charge is 2.20. The van der Waals surface area contributed by atoms with E-state index in [1.807, 2.05) is 32.2 Å². The van der Waals surface area contributed by atoms with Gasteiger partial charge in [0.2, 0.25) is 0 Å². The summed E-state index contributed by atoms with van der Waals surface area (Å²) in [6, 6.07) is 10.2. The number of aliphatic hydroxyl groups excluding tert-OH is 1. The number of hydrogen-bond acceptors (Lipinski definition) is 7. The van der Waals surface area contributed by atoms with Crippen molar-refractivity contribution < 1.29 is 29.2 Å². The van der Waals surface area contributed by atoms with Gasteiger partial charge < -0.3 is 29.3 Å². The van der Waals surface area contributed by atoms with Crippen LogP contribution in [0.3, 0.4) is 0 Å². The Labute approximate surface area is 211 Å². The Morgan fingerprint density at radius 3 is 2.81 bits per heavy atom. The second-order valence-electron chi connectivity index (χ2n) is 8.87. The van der Waals surface area contributed by atoms with Crippen LogP contribution in [-0.2, 0) is 16.0 Å². The Kier molecular flexibility index (Phi) is 7.95. The van der Waals surface area contributed by atoms with E-state index < -0.39 is 5.97 Å². The molecule has 2 aromatic carbocycles. The first kappa shape index (κ1) is 25.3. The minimum Gasteiger partial charge on any atom is -0.507 e. The molecule has 2 aliphatic rings. The maximum absolute atomic E-state index is 11.6. The molecule has 0 amide bonds. The predicted molar refractivity (Wildman–Crippen MR) is 141 cm³/mol. The molecule has 0 atom stereocenters. The summed E-state index contributed by atoms with van der Waals surface area (Å²) in [4.78, 5) is 18.0. The number of carboxylic acid groups (broad SMARTS) is 1. The van der Waals surface area contributed by atoms with Crippen LogP contribution in [0, 0.1) is 0 Å². The first-order chi connectivity index (χ1) is 17.4. The number of methoxy groups -OCH3 is 1. The molecule has 2 aliphatic heterocycles. The summed E-state index contributed by atoms with van der Waals surface area (Å²) < 4.78 is 17.3. The SMILES string of the molecule is COCCCOc1cc2c(cc1-c1ccc3c(c1)OCCN3C)/C(C)=C/C(O)=C(C(=O)O)C=NCC2. The molecule has 2 heterocycles. The number of carboxylic acids is 1. The number of aliphatic imine (C=N–C) groups is 1. The quantitative estimate of drug-likeness (QED) is 0.548. The predicted octanol–water partition coefficient (Wildman–Crippen LogP) is 4.52. The third-order valence-corrected chi connectivity index (χ3v) is 6.34. The van der Waals surface area contributed by atoms with Crippen LogP contribution in [0.15, 0.2) is 52.7 Å². The van der Waals surface area contributed by atoms with Gasteiger partial charge in [0.25, 0.3) is 0 Å². The molecule has 0 spiro atoms. The van der Waals surface area contributed by atoms with E-state index in [1.54, 1.807) is 7.11 Å². The molecule has 36 heavy (non-hydrogen) atoms. The largest absolute Gasteiger partial charge is 0.507 e. The van der Waals surface area contributed by atoms with Crippen molar-refractivity contribution >= 4 is 23.4 Å². The summed E-state index contributed by atoms with van der Waals surface area (Å²) in [6.45, 7) is 4.81. The van der Waals surface area contributed by atoms with Crippen molar-refractivity contribution in [1.82, 2.24) is 0 Å². The van der Waals surface area contributed by atoms with Crippen LogP contribution in [0.25, 0.3) is 16.7 Å². The molecule has 0 bridgehead atoms. The Morgan fingerprint density at radius 1 is 1.19 bits per heavy atom. The molecule has 0 unspecified atom stereocenters. The molecule has 0 saturated carbocycles. The van der Waals surface area contributed by atoms with Crippen LogP contribution in [0.5, 0.6) is 11.5 Å². The topological polar surface area (TPSA) is 101 Å². The zero-order chi connectivity index (χ0) is 25.7. The van der Waals surface area contributed by atoms with Crippen molar-refractivity contribution in [2.75, 3.05) is 52.0 Å². The van der Waals surface area contributed by atoms with E-state index in [0.717, 1.165) is 58.0 Å². The minimum atomic E-state index is -1.22. The number of benzene rings is 2. The van der Waals surface area contributed by atoms with Crippen molar-refractivity contribution in [2.45, 2.75) is 19.8 Å². The molecular weight excluding hydrogens is 460 g/mol. The monoisotopic (exact) mass is 492 g/mol. The number of aliphatic carboxylic acids is 1. The lowest BCUT2D eigenvalue weighted by Crippen LogP contribution is -2.28. The van der Waals surface area contributed by atoms with Gasteiger partial charge in [-0.3, -0.25) is 4.99 Å². The average molecular weight is 493 g/mol. The number of likely N-dealkylation sites (N-methyl/N-ethyl adjacent to an activating group) is 1. The van der Waals surface area contributed by atoms with E-state index in [0.29, 0.717) is 32.8 Å². The van der Waals surface area contributed by atoms with Gasteiger partial charge in [0, 0.05) is 45.5 Å². The van der Waals surface area contributed by atoms with Gasteiger partial charge in [0.15, 0.2) is 0 Å². The minimum absolute atomic E-state index is 0.230. The van der Waals surface area contributed by atoms with Gasteiger partial charge >= 0.3 is 5.97 Å². The van der Waals surface area contributed by atoms with Gasteiger partial charge in [-0.25, -0.2) is 4.79 Å². The summed E-state index contributed by atoms with van der Waals surface area (Å²) >= 11 is 0. The van der Waals surface area contributed by atoms with E-state index in [-0.39, 0.29) is 11.3 Å².